The molecule has 0 spiro atoms. The molecule has 0 N–H and O–H groups in total. The molecule has 0 aliphatic carbocycles. The monoisotopic (exact) mass is 414 g/mol. The Kier molecular flexibility index (Phi) is 6.51. The van der Waals surface area contributed by atoms with Gasteiger partial charge in [0.2, 0.25) is 0 Å². The first-order valence-corrected chi connectivity index (χ1v) is 9.84. The van der Waals surface area contributed by atoms with Crippen LogP contribution < -0.4 is 11.2 Å². The molecule has 30 heavy (non-hydrogen) atoms. The molecule has 0 saturated carbocycles. The van der Waals surface area contributed by atoms with Crippen LogP contribution in [-0.4, -0.2) is 45.0 Å². The molecule has 0 radical (unpaired) electrons. The molecule has 160 valence electrons. The van der Waals surface area contributed by atoms with Gasteiger partial charge in [-0.1, -0.05) is 26.0 Å². The van der Waals surface area contributed by atoms with Gasteiger partial charge < -0.3 is 14.0 Å². The van der Waals surface area contributed by atoms with Gasteiger partial charge in [0.05, 0.1) is 31.8 Å². The van der Waals surface area contributed by atoms with Crippen molar-refractivity contribution >= 4 is 17.1 Å². The van der Waals surface area contributed by atoms with Crippen molar-refractivity contribution in [2.45, 2.75) is 39.8 Å². The van der Waals surface area contributed by atoms with Crippen molar-refractivity contribution in [3.05, 3.63) is 57.0 Å². The fraction of sp³-hybridized carbons (Fsp3) is 0.429. The highest BCUT2D eigenvalue weighted by Gasteiger charge is 2.20. The summed E-state index contributed by atoms with van der Waals surface area (Å²) in [5.41, 5.74) is 1.03. The first-order valence-electron chi connectivity index (χ1n) is 9.84. The van der Waals surface area contributed by atoms with Crippen LogP contribution in [0.3, 0.4) is 0 Å². The van der Waals surface area contributed by atoms with Crippen molar-refractivity contribution in [3.8, 4) is 5.69 Å². The first-order chi connectivity index (χ1) is 14.4. The number of ether oxygens (including phenoxy) is 2. The molecule has 0 aliphatic heterocycles. The van der Waals surface area contributed by atoms with Gasteiger partial charge in [-0.15, -0.1) is 0 Å². The van der Waals surface area contributed by atoms with Gasteiger partial charge in [-0.25, -0.2) is 14.3 Å². The molecular weight excluding hydrogens is 388 g/mol. The van der Waals surface area contributed by atoms with Gasteiger partial charge in [0.15, 0.2) is 11.2 Å². The minimum absolute atomic E-state index is 0.0821. The quantitative estimate of drug-likeness (QED) is 0.520. The van der Waals surface area contributed by atoms with Gasteiger partial charge in [-0.05, 0) is 30.5 Å². The summed E-state index contributed by atoms with van der Waals surface area (Å²) in [6.45, 7) is 6.21. The Bertz CT molecular complexity index is 1160. The molecular formula is C21H26N4O5. The molecule has 0 aliphatic rings. The van der Waals surface area contributed by atoms with Crippen LogP contribution >= 0.6 is 0 Å². The highest BCUT2D eigenvalue weighted by molar-refractivity contribution is 5.76. The van der Waals surface area contributed by atoms with Crippen molar-refractivity contribution in [1.29, 1.82) is 0 Å². The average Bonchev–Trinajstić information content (AvgIpc) is 3.11. The Balaban J connectivity index is 2.25. The maximum atomic E-state index is 13.2. The second kappa shape index (κ2) is 9.08. The number of aromatic nitrogens is 4. The third kappa shape index (κ3) is 4.06. The van der Waals surface area contributed by atoms with E-state index in [1.807, 2.05) is 24.3 Å². The molecule has 0 unspecified atom stereocenters. The maximum absolute atomic E-state index is 13.2. The van der Waals surface area contributed by atoms with Crippen molar-refractivity contribution in [2.24, 2.45) is 0 Å². The maximum Gasteiger partial charge on any atom is 0.337 e. The van der Waals surface area contributed by atoms with Crippen LogP contribution in [0, 0.1) is 0 Å². The van der Waals surface area contributed by atoms with Crippen LogP contribution in [0.25, 0.3) is 16.9 Å². The van der Waals surface area contributed by atoms with E-state index in [-0.39, 0.29) is 37.5 Å². The SMILES string of the molecule is CCOC(=O)Cn1cnc2c1c(=O)n(CCOC)c(=O)n2-c1ccc(C(C)C)cc1. The van der Waals surface area contributed by atoms with E-state index in [0.717, 1.165) is 10.1 Å². The topological polar surface area (TPSA) is 97.4 Å². The van der Waals surface area contributed by atoms with E-state index in [2.05, 4.69) is 18.8 Å². The van der Waals surface area contributed by atoms with Crippen molar-refractivity contribution in [3.63, 3.8) is 0 Å². The highest BCUT2D eigenvalue weighted by Crippen LogP contribution is 2.18. The van der Waals surface area contributed by atoms with Crippen LogP contribution in [0.2, 0.25) is 0 Å². The lowest BCUT2D eigenvalue weighted by molar-refractivity contribution is -0.143. The fourth-order valence-corrected chi connectivity index (χ4v) is 3.27. The lowest BCUT2D eigenvalue weighted by Crippen LogP contribution is -2.41. The van der Waals surface area contributed by atoms with E-state index >= 15 is 0 Å². The third-order valence-electron chi connectivity index (χ3n) is 4.84. The number of hydrogen-bond acceptors (Lipinski definition) is 6. The van der Waals surface area contributed by atoms with E-state index in [1.165, 1.54) is 22.6 Å². The molecule has 0 fully saturated rings. The molecule has 1 aromatic carbocycles. The largest absolute Gasteiger partial charge is 0.465 e. The van der Waals surface area contributed by atoms with Gasteiger partial charge in [0.1, 0.15) is 6.54 Å². The summed E-state index contributed by atoms with van der Waals surface area (Å²) in [7, 11) is 1.50. The van der Waals surface area contributed by atoms with Crippen molar-refractivity contribution in [2.75, 3.05) is 20.3 Å². The second-order valence-corrected chi connectivity index (χ2v) is 7.16. The van der Waals surface area contributed by atoms with Crippen molar-refractivity contribution < 1.29 is 14.3 Å². The van der Waals surface area contributed by atoms with E-state index in [1.54, 1.807) is 6.92 Å². The number of imidazole rings is 1. The lowest BCUT2D eigenvalue weighted by atomic mass is 10.0. The normalized spacial score (nSPS) is 11.4. The highest BCUT2D eigenvalue weighted by atomic mass is 16.5. The zero-order valence-corrected chi connectivity index (χ0v) is 17.6. The molecule has 9 nitrogen and oxygen atoms in total. The molecule has 0 bridgehead atoms. The number of carbonyl (C=O) groups is 1. The molecule has 0 amide bonds. The molecule has 2 heterocycles. The summed E-state index contributed by atoms with van der Waals surface area (Å²) in [5.74, 6) is -0.145. The molecule has 0 atom stereocenters. The van der Waals surface area contributed by atoms with Gasteiger partial charge in [0, 0.05) is 7.11 Å². The smallest absolute Gasteiger partial charge is 0.337 e. The van der Waals surface area contributed by atoms with Crippen LogP contribution in [0.5, 0.6) is 0 Å². The molecule has 3 aromatic rings. The Hall–Kier alpha value is -3.20. The van der Waals surface area contributed by atoms with Gasteiger partial charge >= 0.3 is 11.7 Å². The van der Waals surface area contributed by atoms with Crippen molar-refractivity contribution in [1.82, 2.24) is 18.7 Å². The second-order valence-electron chi connectivity index (χ2n) is 7.16. The number of benzene rings is 1. The number of methoxy groups -OCH3 is 1. The molecule has 0 saturated heterocycles. The predicted octanol–water partition coefficient (Wildman–Crippen LogP) is 1.68. The predicted molar refractivity (Wildman–Crippen MR) is 112 cm³/mol. The van der Waals surface area contributed by atoms with Crippen LogP contribution in [0.15, 0.2) is 40.2 Å². The Morgan fingerprint density at radius 2 is 1.87 bits per heavy atom. The summed E-state index contributed by atoms with van der Waals surface area (Å²) < 4.78 is 14.0. The van der Waals surface area contributed by atoms with E-state index in [4.69, 9.17) is 9.47 Å². The van der Waals surface area contributed by atoms with Gasteiger partial charge in [-0.2, -0.15) is 0 Å². The zero-order valence-electron chi connectivity index (χ0n) is 17.6. The Labute approximate surface area is 173 Å². The number of carbonyl (C=O) groups excluding carboxylic acids is 1. The fourth-order valence-electron chi connectivity index (χ4n) is 3.27. The third-order valence-corrected chi connectivity index (χ3v) is 4.84. The number of hydrogen-bond donors (Lipinski definition) is 0. The number of fused-ring (bicyclic) bond motifs is 1. The Morgan fingerprint density at radius 3 is 2.47 bits per heavy atom. The number of nitrogens with zero attached hydrogens (tertiary/aromatic N) is 4. The molecule has 2 aromatic heterocycles. The van der Waals surface area contributed by atoms with Crippen LogP contribution in [-0.2, 0) is 27.4 Å². The molecule has 9 heteroatoms. The van der Waals surface area contributed by atoms with E-state index < -0.39 is 17.2 Å². The minimum atomic E-state index is -0.524. The summed E-state index contributed by atoms with van der Waals surface area (Å²) in [4.78, 5) is 42.5. The molecule has 3 rings (SSSR count). The summed E-state index contributed by atoms with van der Waals surface area (Å²) in [6, 6.07) is 7.54. The van der Waals surface area contributed by atoms with E-state index in [0.29, 0.717) is 11.6 Å². The van der Waals surface area contributed by atoms with Gasteiger partial charge in [0.25, 0.3) is 5.56 Å². The zero-order chi connectivity index (χ0) is 21.8. The minimum Gasteiger partial charge on any atom is -0.465 e. The standard InChI is InChI=1S/C21H26N4O5/c1-5-30-17(26)12-23-13-22-19-18(23)20(27)24(10-11-29-4)21(28)25(19)16-8-6-15(7-9-16)14(2)3/h6-9,13-14H,5,10-12H2,1-4H3. The van der Waals surface area contributed by atoms with Crippen LogP contribution in [0.4, 0.5) is 0 Å². The summed E-state index contributed by atoms with van der Waals surface area (Å²) >= 11 is 0. The average molecular weight is 414 g/mol. The van der Waals surface area contributed by atoms with E-state index in [9.17, 15) is 14.4 Å². The lowest BCUT2D eigenvalue weighted by Gasteiger charge is -2.13. The number of esters is 1. The van der Waals surface area contributed by atoms with Gasteiger partial charge in [-0.3, -0.25) is 14.2 Å². The first kappa shape index (κ1) is 21.5. The number of rotatable bonds is 8. The Morgan fingerprint density at radius 1 is 1.17 bits per heavy atom. The van der Waals surface area contributed by atoms with Crippen LogP contribution in [0.1, 0.15) is 32.3 Å². The summed E-state index contributed by atoms with van der Waals surface area (Å²) in [6.07, 6.45) is 1.38. The summed E-state index contributed by atoms with van der Waals surface area (Å²) in [5, 5.41) is 0.